The smallest absolute Gasteiger partial charge is 0.264 e. The maximum atomic E-state index is 13.9. The van der Waals surface area contributed by atoms with Crippen LogP contribution < -0.4 is 9.21 Å². The van der Waals surface area contributed by atoms with Gasteiger partial charge in [0, 0.05) is 25.2 Å². The first-order chi connectivity index (χ1) is 19.2. The lowest BCUT2D eigenvalue weighted by molar-refractivity contribution is 0.0983. The lowest BCUT2D eigenvalue weighted by Crippen LogP contribution is -2.39. The van der Waals surface area contributed by atoms with E-state index in [1.54, 1.807) is 29.2 Å². The number of carbonyl (C=O) groups is 1. The van der Waals surface area contributed by atoms with Crippen LogP contribution in [0.2, 0.25) is 0 Å². The number of para-hydroxylation sites is 1. The standard InChI is InChI=1S/C31H36N4O3S2/c1-5-33(6-2)20-21-34(31-32-29-23(4)22(3)13-18-28(29)39-31)30(36)25-14-16-26(17-15-25)40(37,38)35-19-9-11-24-10-7-8-12-27(24)35/h7-8,10,12-18H,5-6,9,11,19-21H2,1-4H3. The normalized spacial score (nSPS) is 13.6. The number of aryl methyl sites for hydroxylation is 3. The lowest BCUT2D eigenvalue weighted by Gasteiger charge is -2.30. The van der Waals surface area contributed by atoms with Crippen molar-refractivity contribution in [1.82, 2.24) is 9.88 Å². The third-order valence-electron chi connectivity index (χ3n) is 7.84. The molecule has 0 saturated carbocycles. The predicted octanol–water partition coefficient (Wildman–Crippen LogP) is 6.04. The van der Waals surface area contributed by atoms with Crippen LogP contribution in [0.15, 0.2) is 65.6 Å². The monoisotopic (exact) mass is 576 g/mol. The summed E-state index contributed by atoms with van der Waals surface area (Å²) in [6.45, 7) is 11.8. The minimum absolute atomic E-state index is 0.182. The van der Waals surface area contributed by atoms with Crippen LogP contribution in [-0.4, -0.2) is 56.9 Å². The molecule has 5 rings (SSSR count). The predicted molar refractivity (Wildman–Crippen MR) is 164 cm³/mol. The number of thiazole rings is 1. The van der Waals surface area contributed by atoms with Crippen molar-refractivity contribution in [3.63, 3.8) is 0 Å². The van der Waals surface area contributed by atoms with Gasteiger partial charge in [0.15, 0.2) is 5.13 Å². The van der Waals surface area contributed by atoms with Gasteiger partial charge in [-0.2, -0.15) is 0 Å². The fourth-order valence-electron chi connectivity index (χ4n) is 5.20. The number of hydrogen-bond donors (Lipinski definition) is 0. The molecule has 0 unspecified atom stereocenters. The highest BCUT2D eigenvalue weighted by atomic mass is 32.2. The molecule has 2 heterocycles. The molecule has 0 bridgehead atoms. The number of fused-ring (bicyclic) bond motifs is 2. The number of aromatic nitrogens is 1. The van der Waals surface area contributed by atoms with Crippen molar-refractivity contribution in [2.24, 2.45) is 0 Å². The number of rotatable bonds is 9. The van der Waals surface area contributed by atoms with Gasteiger partial charge in [-0.3, -0.25) is 14.0 Å². The molecule has 210 valence electrons. The number of hydrogen-bond acceptors (Lipinski definition) is 6. The molecule has 1 amide bonds. The van der Waals surface area contributed by atoms with E-state index in [0.717, 1.165) is 53.0 Å². The van der Waals surface area contributed by atoms with E-state index in [1.807, 2.05) is 24.3 Å². The van der Waals surface area contributed by atoms with E-state index in [1.165, 1.54) is 21.2 Å². The molecule has 0 atom stereocenters. The van der Waals surface area contributed by atoms with Crippen molar-refractivity contribution in [3.8, 4) is 0 Å². The number of amides is 1. The maximum Gasteiger partial charge on any atom is 0.264 e. The molecular weight excluding hydrogens is 541 g/mol. The Bertz CT molecular complexity index is 1630. The highest BCUT2D eigenvalue weighted by Crippen LogP contribution is 2.34. The Morgan fingerprint density at radius 3 is 2.42 bits per heavy atom. The number of carbonyl (C=O) groups excluding carboxylic acids is 1. The molecule has 1 aliphatic heterocycles. The molecule has 0 aliphatic carbocycles. The summed E-state index contributed by atoms with van der Waals surface area (Å²) in [6.07, 6.45) is 1.64. The van der Waals surface area contributed by atoms with E-state index in [-0.39, 0.29) is 10.8 Å². The quantitative estimate of drug-likeness (QED) is 0.243. The van der Waals surface area contributed by atoms with Gasteiger partial charge in [0.25, 0.3) is 15.9 Å². The Hall–Kier alpha value is -3.27. The Kier molecular flexibility index (Phi) is 8.26. The second-order valence-electron chi connectivity index (χ2n) is 10.2. The van der Waals surface area contributed by atoms with Crippen molar-refractivity contribution in [2.45, 2.75) is 45.4 Å². The van der Waals surface area contributed by atoms with E-state index < -0.39 is 10.0 Å². The van der Waals surface area contributed by atoms with E-state index in [4.69, 9.17) is 4.98 Å². The summed E-state index contributed by atoms with van der Waals surface area (Å²) in [4.78, 5) is 23.0. The molecule has 0 radical (unpaired) electrons. The summed E-state index contributed by atoms with van der Waals surface area (Å²) in [5, 5.41) is 0.655. The molecule has 7 nitrogen and oxygen atoms in total. The van der Waals surface area contributed by atoms with Gasteiger partial charge in [-0.25, -0.2) is 13.4 Å². The molecule has 0 spiro atoms. The SMILES string of the molecule is CCN(CC)CCN(C(=O)c1ccc(S(=O)(=O)N2CCCc3ccccc32)cc1)c1nc2c(C)c(C)ccc2s1. The zero-order valence-electron chi connectivity index (χ0n) is 23.6. The first-order valence-electron chi connectivity index (χ1n) is 13.9. The molecule has 1 aliphatic rings. The zero-order valence-corrected chi connectivity index (χ0v) is 25.2. The number of anilines is 2. The van der Waals surface area contributed by atoms with Gasteiger partial charge < -0.3 is 4.90 Å². The number of likely N-dealkylation sites (N-methyl/N-ethyl adjacent to an activating group) is 1. The van der Waals surface area contributed by atoms with E-state index in [9.17, 15) is 13.2 Å². The first kappa shape index (κ1) is 28.3. The molecule has 4 aromatic rings. The number of benzene rings is 3. The van der Waals surface area contributed by atoms with Crippen LogP contribution in [0, 0.1) is 13.8 Å². The topological polar surface area (TPSA) is 73.8 Å². The molecule has 9 heteroatoms. The van der Waals surface area contributed by atoms with Gasteiger partial charge in [-0.15, -0.1) is 0 Å². The third kappa shape index (κ3) is 5.38. The third-order valence-corrected chi connectivity index (χ3v) is 10.7. The van der Waals surface area contributed by atoms with Crippen LogP contribution >= 0.6 is 11.3 Å². The van der Waals surface area contributed by atoms with Crippen molar-refractivity contribution < 1.29 is 13.2 Å². The van der Waals surface area contributed by atoms with E-state index >= 15 is 0 Å². The fourth-order valence-corrected chi connectivity index (χ4v) is 7.79. The second kappa shape index (κ2) is 11.7. The summed E-state index contributed by atoms with van der Waals surface area (Å²) in [6, 6.07) is 18.1. The second-order valence-corrected chi connectivity index (χ2v) is 13.0. The van der Waals surface area contributed by atoms with Gasteiger partial charge in [0.1, 0.15) is 0 Å². The van der Waals surface area contributed by atoms with Crippen LogP contribution in [0.3, 0.4) is 0 Å². The largest absolute Gasteiger partial charge is 0.302 e. The summed E-state index contributed by atoms with van der Waals surface area (Å²) in [5.74, 6) is -0.187. The molecule has 0 N–H and O–H groups in total. The van der Waals surface area contributed by atoms with Crippen LogP contribution in [-0.2, 0) is 16.4 Å². The highest BCUT2D eigenvalue weighted by molar-refractivity contribution is 7.92. The Morgan fingerprint density at radius 2 is 1.70 bits per heavy atom. The lowest BCUT2D eigenvalue weighted by atomic mass is 10.0. The van der Waals surface area contributed by atoms with Crippen molar-refractivity contribution >= 4 is 48.3 Å². The minimum atomic E-state index is -3.75. The van der Waals surface area contributed by atoms with Crippen molar-refractivity contribution in [3.05, 3.63) is 82.9 Å². The van der Waals surface area contributed by atoms with E-state index in [2.05, 4.69) is 44.7 Å². The van der Waals surface area contributed by atoms with Crippen LogP contribution in [0.1, 0.15) is 47.3 Å². The van der Waals surface area contributed by atoms with Crippen molar-refractivity contribution in [1.29, 1.82) is 0 Å². The Labute approximate surface area is 241 Å². The minimum Gasteiger partial charge on any atom is -0.302 e. The van der Waals surface area contributed by atoms with Crippen LogP contribution in [0.25, 0.3) is 10.2 Å². The van der Waals surface area contributed by atoms with E-state index in [0.29, 0.717) is 30.3 Å². The van der Waals surface area contributed by atoms with Crippen LogP contribution in [0.4, 0.5) is 10.8 Å². The average molecular weight is 577 g/mol. The molecule has 1 aromatic heterocycles. The number of sulfonamides is 1. The Morgan fingerprint density at radius 1 is 0.975 bits per heavy atom. The fraction of sp³-hybridized carbons (Fsp3) is 0.355. The first-order valence-corrected chi connectivity index (χ1v) is 16.1. The molecule has 3 aromatic carbocycles. The maximum absolute atomic E-state index is 13.9. The summed E-state index contributed by atoms with van der Waals surface area (Å²) < 4.78 is 29.7. The van der Waals surface area contributed by atoms with Gasteiger partial charge in [-0.1, -0.05) is 49.4 Å². The summed E-state index contributed by atoms with van der Waals surface area (Å²) in [5.41, 5.74) is 5.41. The molecule has 0 fully saturated rings. The average Bonchev–Trinajstić information content (AvgIpc) is 3.41. The van der Waals surface area contributed by atoms with Gasteiger partial charge in [0.05, 0.1) is 20.8 Å². The molecule has 40 heavy (non-hydrogen) atoms. The van der Waals surface area contributed by atoms with Crippen LogP contribution in [0.5, 0.6) is 0 Å². The van der Waals surface area contributed by atoms with Gasteiger partial charge in [0.2, 0.25) is 0 Å². The Balaban J connectivity index is 1.45. The summed E-state index contributed by atoms with van der Waals surface area (Å²) >= 11 is 1.51. The zero-order chi connectivity index (χ0) is 28.4. The van der Waals surface area contributed by atoms with Crippen molar-refractivity contribution in [2.75, 3.05) is 41.9 Å². The number of nitrogens with zero attached hydrogens (tertiary/aromatic N) is 4. The van der Waals surface area contributed by atoms with Gasteiger partial charge in [-0.05, 0) is 92.9 Å². The highest BCUT2D eigenvalue weighted by Gasteiger charge is 2.29. The van der Waals surface area contributed by atoms with Gasteiger partial charge >= 0.3 is 0 Å². The summed E-state index contributed by atoms with van der Waals surface area (Å²) in [7, 11) is -3.75. The molecular formula is C31H36N4O3S2. The molecule has 0 saturated heterocycles.